The Morgan fingerprint density at radius 3 is 2.13 bits per heavy atom. The van der Waals surface area contributed by atoms with Gasteiger partial charge in [-0.3, -0.25) is 9.59 Å². The summed E-state index contributed by atoms with van der Waals surface area (Å²) in [7, 11) is 0. The largest absolute Gasteiger partial charge is 0.508 e. The minimum absolute atomic E-state index is 0.0198. The summed E-state index contributed by atoms with van der Waals surface area (Å²) in [5, 5.41) is 25.3. The first-order valence-electron chi connectivity index (χ1n) is 12.9. The summed E-state index contributed by atoms with van der Waals surface area (Å²) in [6.07, 6.45) is 1.46. The van der Waals surface area contributed by atoms with E-state index in [1.807, 2.05) is 39.0 Å². The molecule has 0 fully saturated rings. The van der Waals surface area contributed by atoms with Crippen LogP contribution in [0.4, 0.5) is 10.5 Å². The summed E-state index contributed by atoms with van der Waals surface area (Å²) in [4.78, 5) is 41.5. The topological polar surface area (TPSA) is 128 Å². The van der Waals surface area contributed by atoms with Gasteiger partial charge in [0.1, 0.15) is 23.4 Å². The van der Waals surface area contributed by atoms with Crippen molar-refractivity contribution in [2.75, 3.05) is 18.5 Å². The van der Waals surface area contributed by atoms with E-state index in [9.17, 15) is 24.6 Å². The van der Waals surface area contributed by atoms with Gasteiger partial charge in [0, 0.05) is 12.2 Å². The molecule has 2 atom stereocenters. The monoisotopic (exact) mass is 527 g/mol. The number of ether oxygens (including phenoxy) is 1. The lowest BCUT2D eigenvalue weighted by molar-refractivity contribution is -0.141. The van der Waals surface area contributed by atoms with E-state index in [1.165, 1.54) is 17.0 Å². The third kappa shape index (κ3) is 8.76. The molecule has 0 heterocycles. The number of alkyl carbamates (subject to hydrolysis) is 1. The molecule has 0 aliphatic carbocycles. The van der Waals surface area contributed by atoms with Crippen LogP contribution in [0.5, 0.6) is 5.75 Å². The second-order valence-corrected chi connectivity index (χ2v) is 10.4. The Kier molecular flexibility index (Phi) is 11.1. The highest BCUT2D eigenvalue weighted by Crippen LogP contribution is 2.28. The number of anilines is 1. The van der Waals surface area contributed by atoms with E-state index < -0.39 is 42.2 Å². The lowest BCUT2D eigenvalue weighted by atomic mass is 10.0. The van der Waals surface area contributed by atoms with Crippen LogP contribution in [-0.2, 0) is 14.3 Å². The lowest BCUT2D eigenvalue weighted by Gasteiger charge is -2.34. The Hall–Kier alpha value is -3.59. The van der Waals surface area contributed by atoms with Crippen LogP contribution in [0.1, 0.15) is 69.7 Å². The van der Waals surface area contributed by atoms with E-state index in [2.05, 4.69) is 10.6 Å². The van der Waals surface area contributed by atoms with E-state index in [-0.39, 0.29) is 12.3 Å². The summed E-state index contributed by atoms with van der Waals surface area (Å²) in [6.45, 7) is 10.4. The average molecular weight is 528 g/mol. The van der Waals surface area contributed by atoms with E-state index in [0.29, 0.717) is 17.7 Å². The minimum atomic E-state index is -1.32. The molecule has 2 rings (SSSR count). The molecule has 0 saturated heterocycles. The first-order chi connectivity index (χ1) is 17.9. The molecule has 38 heavy (non-hydrogen) atoms. The highest BCUT2D eigenvalue weighted by Gasteiger charge is 2.36. The summed E-state index contributed by atoms with van der Waals surface area (Å²) in [5.41, 5.74) is 2.06. The van der Waals surface area contributed by atoms with E-state index in [0.717, 1.165) is 24.0 Å². The second-order valence-electron chi connectivity index (χ2n) is 10.4. The van der Waals surface area contributed by atoms with Gasteiger partial charge in [-0.15, -0.1) is 0 Å². The zero-order valence-electron chi connectivity index (χ0n) is 23.2. The van der Waals surface area contributed by atoms with Gasteiger partial charge in [0.05, 0.1) is 6.61 Å². The molecule has 9 nitrogen and oxygen atoms in total. The fraction of sp³-hybridized carbons (Fsp3) is 0.483. The summed E-state index contributed by atoms with van der Waals surface area (Å²) in [6, 6.07) is 9.32. The number of carbonyl (C=O) groups is 3. The highest BCUT2D eigenvalue weighted by atomic mass is 16.6. The first-order valence-corrected chi connectivity index (χ1v) is 12.9. The molecule has 208 valence electrons. The van der Waals surface area contributed by atoms with Gasteiger partial charge < -0.3 is 30.5 Å². The maximum atomic E-state index is 13.9. The van der Waals surface area contributed by atoms with Crippen LogP contribution in [0.2, 0.25) is 0 Å². The number of para-hydroxylation sites is 1. The Labute approximate surface area is 225 Å². The number of aliphatic hydroxyl groups excluding tert-OH is 1. The van der Waals surface area contributed by atoms with Crippen molar-refractivity contribution < 1.29 is 29.3 Å². The number of nitrogens with one attached hydrogen (secondary N) is 2. The molecule has 0 radical (unpaired) electrons. The number of hydrogen-bond donors (Lipinski definition) is 4. The average Bonchev–Trinajstić information content (AvgIpc) is 2.84. The molecular weight excluding hydrogens is 486 g/mol. The van der Waals surface area contributed by atoms with Crippen molar-refractivity contribution in [3.05, 3.63) is 59.2 Å². The van der Waals surface area contributed by atoms with Gasteiger partial charge in [0.25, 0.3) is 5.91 Å². The van der Waals surface area contributed by atoms with Crippen molar-refractivity contribution in [2.45, 2.75) is 78.5 Å². The predicted molar refractivity (Wildman–Crippen MR) is 147 cm³/mol. The molecule has 4 N–H and O–H groups in total. The fourth-order valence-corrected chi connectivity index (χ4v) is 4.07. The summed E-state index contributed by atoms with van der Waals surface area (Å²) >= 11 is 0. The van der Waals surface area contributed by atoms with Crippen LogP contribution in [0.15, 0.2) is 42.5 Å². The molecular formula is C29H41N3O6. The molecule has 0 aliphatic rings. The van der Waals surface area contributed by atoms with E-state index in [1.54, 1.807) is 32.9 Å². The van der Waals surface area contributed by atoms with Crippen LogP contribution < -0.4 is 10.6 Å². The molecule has 2 aromatic rings. The number of aromatic hydroxyl groups is 1. The number of aliphatic hydroxyl groups is 1. The van der Waals surface area contributed by atoms with Crippen molar-refractivity contribution in [3.63, 3.8) is 0 Å². The summed E-state index contributed by atoms with van der Waals surface area (Å²) < 4.78 is 5.27. The number of aryl methyl sites for hydroxylation is 2. The number of phenols is 1. The van der Waals surface area contributed by atoms with Crippen LogP contribution >= 0.6 is 0 Å². The zero-order chi connectivity index (χ0) is 28.5. The highest BCUT2D eigenvalue weighted by molar-refractivity contribution is 6.00. The van der Waals surface area contributed by atoms with E-state index >= 15 is 0 Å². The molecule has 2 aromatic carbocycles. The molecule has 2 unspecified atom stereocenters. The van der Waals surface area contributed by atoms with Crippen LogP contribution in [0.25, 0.3) is 0 Å². The van der Waals surface area contributed by atoms with Crippen molar-refractivity contribution in [1.29, 1.82) is 0 Å². The lowest BCUT2D eigenvalue weighted by Crippen LogP contribution is -2.54. The van der Waals surface area contributed by atoms with Crippen LogP contribution in [0, 0.1) is 13.8 Å². The van der Waals surface area contributed by atoms with Crippen molar-refractivity contribution in [2.24, 2.45) is 0 Å². The SMILES string of the molecule is CCCCCN(C(=O)C(CO)NC(=O)OC(C)(C)C)C(C(=O)Nc1c(C)cccc1C)c1ccc(O)cc1. The molecule has 0 saturated carbocycles. The Morgan fingerprint density at radius 1 is 1.00 bits per heavy atom. The molecule has 9 heteroatoms. The van der Waals surface area contributed by atoms with Gasteiger partial charge in [-0.25, -0.2) is 4.79 Å². The van der Waals surface area contributed by atoms with Crippen LogP contribution in [-0.4, -0.2) is 57.8 Å². The minimum Gasteiger partial charge on any atom is -0.508 e. The molecule has 3 amide bonds. The maximum absolute atomic E-state index is 13.9. The molecule has 0 spiro atoms. The van der Waals surface area contributed by atoms with Crippen LogP contribution in [0.3, 0.4) is 0 Å². The molecule has 0 aromatic heterocycles. The second kappa shape index (κ2) is 13.8. The zero-order valence-corrected chi connectivity index (χ0v) is 23.2. The Bertz CT molecular complexity index is 1070. The first kappa shape index (κ1) is 30.6. The smallest absolute Gasteiger partial charge is 0.408 e. The third-order valence-corrected chi connectivity index (χ3v) is 5.96. The maximum Gasteiger partial charge on any atom is 0.408 e. The van der Waals surface area contributed by atoms with Crippen molar-refractivity contribution in [3.8, 4) is 5.75 Å². The Morgan fingerprint density at radius 2 is 1.61 bits per heavy atom. The van der Waals surface area contributed by atoms with Gasteiger partial charge in [0.2, 0.25) is 5.91 Å². The quantitative estimate of drug-likeness (QED) is 0.316. The van der Waals surface area contributed by atoms with Gasteiger partial charge >= 0.3 is 6.09 Å². The normalized spacial score (nSPS) is 12.8. The number of phenolic OH excluding ortho intramolecular Hbond substituents is 1. The number of hydrogen-bond acceptors (Lipinski definition) is 6. The number of benzene rings is 2. The predicted octanol–water partition coefficient (Wildman–Crippen LogP) is 4.59. The van der Waals surface area contributed by atoms with Crippen molar-refractivity contribution >= 4 is 23.6 Å². The Balaban J connectivity index is 2.50. The number of rotatable bonds is 11. The number of amides is 3. The van der Waals surface area contributed by atoms with Gasteiger partial charge in [-0.1, -0.05) is 50.1 Å². The van der Waals surface area contributed by atoms with Gasteiger partial charge in [0.15, 0.2) is 0 Å². The van der Waals surface area contributed by atoms with E-state index in [4.69, 9.17) is 4.74 Å². The number of carbonyl (C=O) groups excluding carboxylic acids is 3. The third-order valence-electron chi connectivity index (χ3n) is 5.96. The number of unbranched alkanes of at least 4 members (excludes halogenated alkanes) is 2. The fourth-order valence-electron chi connectivity index (χ4n) is 4.07. The van der Waals surface area contributed by atoms with Gasteiger partial charge in [-0.05, 0) is 69.9 Å². The van der Waals surface area contributed by atoms with Crippen molar-refractivity contribution in [1.82, 2.24) is 10.2 Å². The molecule has 0 aliphatic heterocycles. The number of nitrogens with zero attached hydrogens (tertiary/aromatic N) is 1. The molecule has 0 bridgehead atoms. The summed E-state index contributed by atoms with van der Waals surface area (Å²) in [5.74, 6) is -1.05. The standard InChI is InChI=1S/C29H41N3O6/c1-7-8-9-17-32(27(36)23(18-33)30-28(37)38-29(4,5)6)25(21-13-15-22(34)16-14-21)26(35)31-24-19(2)11-10-12-20(24)3/h10-16,23,25,33-34H,7-9,17-18H2,1-6H3,(H,30,37)(H,31,35). The van der Waals surface area contributed by atoms with Gasteiger partial charge in [-0.2, -0.15) is 0 Å².